The molecule has 3 aromatic rings. The second-order valence-electron chi connectivity index (χ2n) is 6.18. The first kappa shape index (κ1) is 20.5. The number of nitrogens with one attached hydrogen (secondary N) is 1. The van der Waals surface area contributed by atoms with E-state index in [1.54, 1.807) is 48.7 Å². The predicted molar refractivity (Wildman–Crippen MR) is 113 cm³/mol. The fourth-order valence-corrected chi connectivity index (χ4v) is 2.84. The Morgan fingerprint density at radius 3 is 2.55 bits per heavy atom. The summed E-state index contributed by atoms with van der Waals surface area (Å²) in [6.45, 7) is 2.78. The first-order valence-electron chi connectivity index (χ1n) is 9.21. The molecule has 150 valence electrons. The molecule has 1 N–H and O–H groups in total. The number of nitrogens with zero attached hydrogens (tertiary/aromatic N) is 1. The fourth-order valence-electron chi connectivity index (χ4n) is 2.67. The minimum Gasteiger partial charge on any atom is -0.494 e. The van der Waals surface area contributed by atoms with Gasteiger partial charge in [-0.15, -0.1) is 0 Å². The lowest BCUT2D eigenvalue weighted by atomic mass is 10.2. The maximum absolute atomic E-state index is 12.4. The van der Waals surface area contributed by atoms with Gasteiger partial charge in [0.05, 0.1) is 12.3 Å². The van der Waals surface area contributed by atoms with Crippen LogP contribution in [0, 0.1) is 0 Å². The van der Waals surface area contributed by atoms with Gasteiger partial charge in [0.15, 0.2) is 5.75 Å². The van der Waals surface area contributed by atoms with Gasteiger partial charge in [0.25, 0.3) is 5.56 Å². The first-order valence-corrected chi connectivity index (χ1v) is 9.58. The molecule has 1 amide bonds. The van der Waals surface area contributed by atoms with Gasteiger partial charge < -0.3 is 19.4 Å². The summed E-state index contributed by atoms with van der Waals surface area (Å²) < 4.78 is 12.8. The van der Waals surface area contributed by atoms with Gasteiger partial charge in [-0.25, -0.2) is 0 Å². The predicted octanol–water partition coefficient (Wildman–Crippen LogP) is 4.72. The summed E-state index contributed by atoms with van der Waals surface area (Å²) in [5, 5.41) is 3.28. The topological polar surface area (TPSA) is 69.6 Å². The zero-order chi connectivity index (χ0) is 20.6. The van der Waals surface area contributed by atoms with Gasteiger partial charge in [0.1, 0.15) is 11.5 Å². The van der Waals surface area contributed by atoms with E-state index >= 15 is 0 Å². The summed E-state index contributed by atoms with van der Waals surface area (Å²) in [6, 6.07) is 17.1. The number of aromatic nitrogens is 1. The molecule has 0 aliphatic rings. The molecule has 1 heterocycles. The van der Waals surface area contributed by atoms with Crippen LogP contribution in [0.2, 0.25) is 5.02 Å². The highest BCUT2D eigenvalue weighted by Gasteiger charge is 2.11. The molecule has 0 saturated carbocycles. The first-order chi connectivity index (χ1) is 14.0. The van der Waals surface area contributed by atoms with Crippen molar-refractivity contribution >= 4 is 23.2 Å². The molecule has 0 atom stereocenters. The van der Waals surface area contributed by atoms with Crippen LogP contribution in [0.4, 0.5) is 5.69 Å². The largest absolute Gasteiger partial charge is 0.494 e. The van der Waals surface area contributed by atoms with Gasteiger partial charge in [0, 0.05) is 30.3 Å². The van der Waals surface area contributed by atoms with E-state index in [-0.39, 0.29) is 24.4 Å². The summed E-state index contributed by atoms with van der Waals surface area (Å²) in [5.74, 6) is 1.56. The van der Waals surface area contributed by atoms with Gasteiger partial charge >= 0.3 is 0 Å². The molecule has 7 heteroatoms. The minimum absolute atomic E-state index is 0.138. The second kappa shape index (κ2) is 9.80. The number of carbonyl (C=O) groups is 1. The Hall–Kier alpha value is -3.25. The highest BCUT2D eigenvalue weighted by atomic mass is 35.5. The Morgan fingerprint density at radius 2 is 1.83 bits per heavy atom. The van der Waals surface area contributed by atoms with Crippen LogP contribution in [-0.2, 0) is 11.3 Å². The van der Waals surface area contributed by atoms with Crippen molar-refractivity contribution in [1.82, 2.24) is 4.57 Å². The molecule has 6 nitrogen and oxygen atoms in total. The molecular formula is C22H21ClN2O4. The Morgan fingerprint density at radius 1 is 1.07 bits per heavy atom. The van der Waals surface area contributed by atoms with Crippen molar-refractivity contribution in [3.05, 3.63) is 82.2 Å². The molecule has 0 unspecified atom stereocenters. The van der Waals surface area contributed by atoms with Gasteiger partial charge in [-0.2, -0.15) is 0 Å². The highest BCUT2D eigenvalue weighted by Crippen LogP contribution is 2.32. The molecule has 3 rings (SSSR count). The van der Waals surface area contributed by atoms with E-state index in [4.69, 9.17) is 21.1 Å². The zero-order valence-electron chi connectivity index (χ0n) is 15.9. The number of benzene rings is 2. The monoisotopic (exact) mass is 412 g/mol. The number of pyridine rings is 1. The van der Waals surface area contributed by atoms with Crippen LogP contribution in [0.25, 0.3) is 0 Å². The van der Waals surface area contributed by atoms with Crippen LogP contribution in [0.3, 0.4) is 0 Å². The third kappa shape index (κ3) is 5.86. The second-order valence-corrected chi connectivity index (χ2v) is 6.61. The van der Waals surface area contributed by atoms with E-state index < -0.39 is 0 Å². The van der Waals surface area contributed by atoms with Gasteiger partial charge in [0.2, 0.25) is 5.91 Å². The average molecular weight is 413 g/mol. The van der Waals surface area contributed by atoms with Crippen LogP contribution in [0.1, 0.15) is 13.3 Å². The van der Waals surface area contributed by atoms with Crippen molar-refractivity contribution in [3.63, 3.8) is 0 Å². The van der Waals surface area contributed by atoms with Crippen LogP contribution in [0.15, 0.2) is 71.7 Å². The summed E-state index contributed by atoms with van der Waals surface area (Å²) >= 11 is 6.08. The molecule has 1 aromatic heterocycles. The summed E-state index contributed by atoms with van der Waals surface area (Å²) in [5.41, 5.74) is 0.305. The van der Waals surface area contributed by atoms with E-state index in [1.807, 2.05) is 19.1 Å². The van der Waals surface area contributed by atoms with Crippen molar-refractivity contribution < 1.29 is 14.3 Å². The molecule has 0 radical (unpaired) electrons. The lowest BCUT2D eigenvalue weighted by molar-refractivity contribution is -0.116. The highest BCUT2D eigenvalue weighted by molar-refractivity contribution is 6.31. The Labute approximate surface area is 173 Å². The van der Waals surface area contributed by atoms with E-state index in [1.165, 1.54) is 10.6 Å². The van der Waals surface area contributed by atoms with Crippen LogP contribution < -0.4 is 20.3 Å². The molecule has 0 aliphatic heterocycles. The number of amides is 1. The zero-order valence-corrected chi connectivity index (χ0v) is 16.7. The molecule has 0 aliphatic carbocycles. The standard InChI is InChI=1S/C22H21ClN2O4/c1-2-28-17-7-9-18(10-8-17)29-20-11-6-16(23)15-19(20)24-21(26)12-14-25-13-4-3-5-22(25)27/h3-11,13,15H,2,12,14H2,1H3,(H,24,26). The molecule has 0 saturated heterocycles. The number of carbonyl (C=O) groups excluding carboxylic acids is 1. The lowest BCUT2D eigenvalue weighted by Gasteiger charge is -2.13. The van der Waals surface area contributed by atoms with Crippen LogP contribution >= 0.6 is 11.6 Å². The summed E-state index contributed by atoms with van der Waals surface area (Å²) in [4.78, 5) is 24.1. The maximum Gasteiger partial charge on any atom is 0.250 e. The number of aryl methyl sites for hydroxylation is 1. The van der Waals surface area contributed by atoms with Crippen molar-refractivity contribution in [2.24, 2.45) is 0 Å². The van der Waals surface area contributed by atoms with Crippen molar-refractivity contribution in [2.45, 2.75) is 19.9 Å². The summed E-state index contributed by atoms with van der Waals surface area (Å²) in [7, 11) is 0. The Bertz CT molecular complexity index is 1030. The fraction of sp³-hybridized carbons (Fsp3) is 0.182. The van der Waals surface area contributed by atoms with E-state index in [0.29, 0.717) is 28.8 Å². The number of hydrogen-bond acceptors (Lipinski definition) is 4. The van der Waals surface area contributed by atoms with E-state index in [9.17, 15) is 9.59 Å². The third-order valence-electron chi connectivity index (χ3n) is 4.06. The normalized spacial score (nSPS) is 10.4. The summed E-state index contributed by atoms with van der Waals surface area (Å²) in [6.07, 6.45) is 1.79. The van der Waals surface area contributed by atoms with Crippen molar-refractivity contribution in [3.8, 4) is 17.2 Å². The van der Waals surface area contributed by atoms with Gasteiger partial charge in [-0.1, -0.05) is 17.7 Å². The maximum atomic E-state index is 12.4. The van der Waals surface area contributed by atoms with Gasteiger partial charge in [-0.05, 0) is 55.5 Å². The number of rotatable bonds is 8. The van der Waals surface area contributed by atoms with E-state index in [0.717, 1.165) is 5.75 Å². The van der Waals surface area contributed by atoms with Gasteiger partial charge in [-0.3, -0.25) is 9.59 Å². The molecule has 2 aromatic carbocycles. The van der Waals surface area contributed by atoms with E-state index in [2.05, 4.69) is 5.32 Å². The minimum atomic E-state index is -0.250. The molecule has 0 bridgehead atoms. The average Bonchev–Trinajstić information content (AvgIpc) is 2.71. The molecular weight excluding hydrogens is 392 g/mol. The van der Waals surface area contributed by atoms with Crippen molar-refractivity contribution in [1.29, 1.82) is 0 Å². The number of anilines is 1. The smallest absolute Gasteiger partial charge is 0.250 e. The number of ether oxygens (including phenoxy) is 2. The third-order valence-corrected chi connectivity index (χ3v) is 4.29. The molecule has 29 heavy (non-hydrogen) atoms. The van der Waals surface area contributed by atoms with Crippen LogP contribution in [0.5, 0.6) is 17.2 Å². The molecule has 0 fully saturated rings. The quantitative estimate of drug-likeness (QED) is 0.581. The lowest BCUT2D eigenvalue weighted by Crippen LogP contribution is -2.21. The SMILES string of the molecule is CCOc1ccc(Oc2ccc(Cl)cc2NC(=O)CCn2ccccc2=O)cc1. The number of hydrogen-bond donors (Lipinski definition) is 1. The number of halogens is 1. The van der Waals surface area contributed by atoms with Crippen LogP contribution in [-0.4, -0.2) is 17.1 Å². The Kier molecular flexibility index (Phi) is 6.92. The molecule has 0 spiro atoms. The Balaban J connectivity index is 1.68. The van der Waals surface area contributed by atoms with Crippen molar-refractivity contribution in [2.75, 3.05) is 11.9 Å².